The Morgan fingerprint density at radius 1 is 1.22 bits per heavy atom. The minimum absolute atomic E-state index is 0. The molecule has 1 aliphatic heterocycles. The molecule has 0 radical (unpaired) electrons. The van der Waals surface area contributed by atoms with Gasteiger partial charge >= 0.3 is 0 Å². The summed E-state index contributed by atoms with van der Waals surface area (Å²) < 4.78 is 19.6. The molecule has 1 atom stereocenters. The Morgan fingerprint density at radius 3 is 2.52 bits per heavy atom. The van der Waals surface area contributed by atoms with Gasteiger partial charge in [0, 0.05) is 42.7 Å². The molecule has 1 aromatic carbocycles. The van der Waals surface area contributed by atoms with Crippen LogP contribution in [0.2, 0.25) is 0 Å². The molecule has 0 spiro atoms. The largest absolute Gasteiger partial charge is 0.497 e. The fourth-order valence-corrected chi connectivity index (χ4v) is 3.65. The van der Waals surface area contributed by atoms with Crippen molar-refractivity contribution in [2.45, 2.75) is 6.04 Å². The Balaban J connectivity index is 0.00000132. The molecule has 7 heteroatoms. The van der Waals surface area contributed by atoms with E-state index in [1.807, 2.05) is 23.6 Å². The van der Waals surface area contributed by atoms with Crippen LogP contribution >= 0.6 is 36.2 Å². The van der Waals surface area contributed by atoms with Crippen LogP contribution in [0.1, 0.15) is 16.5 Å². The summed E-state index contributed by atoms with van der Waals surface area (Å²) in [7, 11) is 1.56. The molecule has 3 nitrogen and oxygen atoms in total. The number of hydrogen-bond donors (Lipinski definition) is 1. The highest BCUT2D eigenvalue weighted by Gasteiger charge is 2.27. The highest BCUT2D eigenvalue weighted by Crippen LogP contribution is 2.34. The first kappa shape index (κ1) is 20.2. The van der Waals surface area contributed by atoms with E-state index in [1.54, 1.807) is 18.4 Å². The topological polar surface area (TPSA) is 24.5 Å². The lowest BCUT2D eigenvalue weighted by Crippen LogP contribution is -2.45. The van der Waals surface area contributed by atoms with Gasteiger partial charge in [0.2, 0.25) is 0 Å². The predicted molar refractivity (Wildman–Crippen MR) is 98.1 cm³/mol. The summed E-state index contributed by atoms with van der Waals surface area (Å²) in [5.74, 6) is 0.354. The minimum atomic E-state index is -0.203. The van der Waals surface area contributed by atoms with Gasteiger partial charge in [0.25, 0.3) is 0 Å². The first-order valence-corrected chi connectivity index (χ1v) is 7.99. The van der Waals surface area contributed by atoms with E-state index in [1.165, 1.54) is 10.9 Å². The van der Waals surface area contributed by atoms with E-state index in [2.05, 4.69) is 16.3 Å². The van der Waals surface area contributed by atoms with E-state index in [9.17, 15) is 4.39 Å². The van der Waals surface area contributed by atoms with Crippen LogP contribution in [0.4, 0.5) is 4.39 Å². The van der Waals surface area contributed by atoms with Crippen molar-refractivity contribution in [1.29, 1.82) is 0 Å². The van der Waals surface area contributed by atoms with Crippen LogP contribution < -0.4 is 10.1 Å². The first-order chi connectivity index (χ1) is 10.3. The Hall–Kier alpha value is -0.850. The number of nitrogens with zero attached hydrogens (tertiary/aromatic N) is 1. The molecule has 3 rings (SSSR count). The van der Waals surface area contributed by atoms with Crippen molar-refractivity contribution >= 4 is 36.2 Å². The fourth-order valence-electron chi connectivity index (χ4n) is 2.77. The normalized spacial score (nSPS) is 16.1. The zero-order chi connectivity index (χ0) is 14.7. The highest BCUT2D eigenvalue weighted by molar-refractivity contribution is 7.10. The van der Waals surface area contributed by atoms with Gasteiger partial charge in [-0.15, -0.1) is 36.2 Å². The lowest BCUT2D eigenvalue weighted by Gasteiger charge is -2.35. The van der Waals surface area contributed by atoms with Crippen molar-refractivity contribution in [2.24, 2.45) is 0 Å². The quantitative estimate of drug-likeness (QED) is 0.876. The second-order valence-electron chi connectivity index (χ2n) is 5.09. The van der Waals surface area contributed by atoms with E-state index < -0.39 is 0 Å². The monoisotopic (exact) mass is 378 g/mol. The van der Waals surface area contributed by atoms with Gasteiger partial charge < -0.3 is 10.1 Å². The van der Waals surface area contributed by atoms with Crippen LogP contribution in [0.3, 0.4) is 0 Å². The number of thiophene rings is 1. The van der Waals surface area contributed by atoms with Gasteiger partial charge in [-0.1, -0.05) is 12.1 Å². The van der Waals surface area contributed by atoms with E-state index in [4.69, 9.17) is 4.74 Å². The molecule has 0 saturated carbocycles. The van der Waals surface area contributed by atoms with Crippen molar-refractivity contribution < 1.29 is 9.13 Å². The molecule has 2 heterocycles. The second kappa shape index (κ2) is 9.45. The number of rotatable bonds is 4. The van der Waals surface area contributed by atoms with Crippen LogP contribution in [0.5, 0.6) is 5.75 Å². The van der Waals surface area contributed by atoms with Crippen LogP contribution in [-0.4, -0.2) is 38.2 Å². The van der Waals surface area contributed by atoms with E-state index in [0.717, 1.165) is 31.7 Å². The average molecular weight is 379 g/mol. The van der Waals surface area contributed by atoms with Crippen LogP contribution in [0.25, 0.3) is 0 Å². The summed E-state index contributed by atoms with van der Waals surface area (Å²) in [4.78, 5) is 3.52. The average Bonchev–Trinajstić information content (AvgIpc) is 3.04. The molecule has 1 N–H and O–H groups in total. The van der Waals surface area contributed by atoms with Crippen LogP contribution in [-0.2, 0) is 0 Å². The molecule has 1 fully saturated rings. The van der Waals surface area contributed by atoms with E-state index in [-0.39, 0.29) is 36.7 Å². The lowest BCUT2D eigenvalue weighted by molar-refractivity contribution is 0.197. The molecule has 2 aromatic rings. The molecule has 23 heavy (non-hydrogen) atoms. The van der Waals surface area contributed by atoms with Gasteiger partial charge in [0.1, 0.15) is 11.6 Å². The van der Waals surface area contributed by atoms with Crippen LogP contribution in [0, 0.1) is 5.82 Å². The maximum atomic E-state index is 14.5. The van der Waals surface area contributed by atoms with Crippen molar-refractivity contribution in [3.63, 3.8) is 0 Å². The van der Waals surface area contributed by atoms with Gasteiger partial charge in [-0.05, 0) is 17.5 Å². The molecule has 1 aromatic heterocycles. The summed E-state index contributed by atoms with van der Waals surface area (Å²) in [5, 5.41) is 5.39. The summed E-state index contributed by atoms with van der Waals surface area (Å²) in [5.41, 5.74) is 0.722. The number of halogens is 3. The zero-order valence-corrected chi connectivity index (χ0v) is 15.3. The van der Waals surface area contributed by atoms with Crippen molar-refractivity contribution in [3.05, 3.63) is 52.0 Å². The summed E-state index contributed by atoms with van der Waals surface area (Å²) in [6, 6.07) is 9.25. The molecule has 0 amide bonds. The number of hydrogen-bond acceptors (Lipinski definition) is 4. The maximum absolute atomic E-state index is 14.5. The van der Waals surface area contributed by atoms with Gasteiger partial charge in [-0.25, -0.2) is 4.39 Å². The number of benzene rings is 1. The molecule has 1 aliphatic rings. The number of piperazine rings is 1. The third-order valence-electron chi connectivity index (χ3n) is 3.83. The Kier molecular flexibility index (Phi) is 8.29. The molecule has 0 bridgehead atoms. The Labute approximate surface area is 152 Å². The molecule has 128 valence electrons. The smallest absolute Gasteiger partial charge is 0.132 e. The fraction of sp³-hybridized carbons (Fsp3) is 0.375. The van der Waals surface area contributed by atoms with Crippen molar-refractivity contribution in [1.82, 2.24) is 10.2 Å². The second-order valence-corrected chi connectivity index (χ2v) is 6.07. The van der Waals surface area contributed by atoms with Gasteiger partial charge in [-0.2, -0.15) is 0 Å². The summed E-state index contributed by atoms with van der Waals surface area (Å²) >= 11 is 1.68. The Bertz CT molecular complexity index is 592. The predicted octanol–water partition coefficient (Wildman–Crippen LogP) is 3.73. The molecule has 1 saturated heterocycles. The molecule has 0 aliphatic carbocycles. The molecular formula is C16H21Cl2FN2OS. The lowest BCUT2D eigenvalue weighted by atomic mass is 10.0. The number of ether oxygens (including phenoxy) is 1. The first-order valence-electron chi connectivity index (χ1n) is 7.11. The van der Waals surface area contributed by atoms with Gasteiger partial charge in [-0.3, -0.25) is 4.90 Å². The number of methoxy groups -OCH3 is 1. The van der Waals surface area contributed by atoms with Crippen molar-refractivity contribution in [2.75, 3.05) is 33.3 Å². The van der Waals surface area contributed by atoms with E-state index >= 15 is 0 Å². The standard InChI is InChI=1S/C16H19FN2OS.2ClH/c1-20-12-4-5-13(14(17)11-12)16(15-3-2-10-21-15)19-8-6-18-7-9-19;;/h2-5,10-11,16,18H,6-9H2,1H3;2*1H/t16-;;/m1../s1. The summed E-state index contributed by atoms with van der Waals surface area (Å²) in [6.45, 7) is 3.74. The molecule has 0 unspecified atom stereocenters. The third-order valence-corrected chi connectivity index (χ3v) is 4.76. The van der Waals surface area contributed by atoms with Gasteiger partial charge in [0.05, 0.1) is 13.2 Å². The number of nitrogens with one attached hydrogen (secondary N) is 1. The van der Waals surface area contributed by atoms with Crippen molar-refractivity contribution in [3.8, 4) is 5.75 Å². The zero-order valence-electron chi connectivity index (χ0n) is 12.8. The third kappa shape index (κ3) is 4.58. The van der Waals surface area contributed by atoms with Gasteiger partial charge in [0.15, 0.2) is 0 Å². The SMILES string of the molecule is COc1ccc([C@H](c2cccs2)N2CCNCC2)c(F)c1.Cl.Cl. The minimum Gasteiger partial charge on any atom is -0.497 e. The molecular weight excluding hydrogens is 358 g/mol. The Morgan fingerprint density at radius 2 is 1.96 bits per heavy atom. The summed E-state index contributed by atoms with van der Waals surface area (Å²) in [6.07, 6.45) is 0. The van der Waals surface area contributed by atoms with Crippen LogP contribution in [0.15, 0.2) is 35.7 Å². The van der Waals surface area contributed by atoms with E-state index in [0.29, 0.717) is 5.75 Å². The maximum Gasteiger partial charge on any atom is 0.132 e. The highest BCUT2D eigenvalue weighted by atomic mass is 35.5.